The van der Waals surface area contributed by atoms with Gasteiger partial charge in [0.05, 0.1) is 18.9 Å². The van der Waals surface area contributed by atoms with Crippen LogP contribution in [0.1, 0.15) is 49.5 Å². The normalized spacial score (nSPS) is 18.8. The molecule has 9 nitrogen and oxygen atoms in total. The molecule has 2 atom stereocenters. The monoisotopic (exact) mass is 401 g/mol. The van der Waals surface area contributed by atoms with Gasteiger partial charge in [0.15, 0.2) is 17.8 Å². The number of nitrogens with one attached hydrogen (secondary N) is 3. The summed E-state index contributed by atoms with van der Waals surface area (Å²) in [5, 5.41) is 13.4. The number of carbonyl (C=O) groups excluding carboxylic acids is 2. The molecule has 0 aliphatic carbocycles. The molecule has 1 fully saturated rings. The molecule has 1 aliphatic heterocycles. The number of hydrogen-bond acceptors (Lipinski definition) is 6. The minimum Gasteiger partial charge on any atom is -0.490 e. The van der Waals surface area contributed by atoms with Crippen molar-refractivity contribution in [1.82, 2.24) is 20.4 Å². The standard InChI is InChI=1S/C20H27N5O4/c1-5-28-15-8-7-14(11-16(15)29-6-2)19(27)22-17-9-13(4)24-25(17)20-21-12(3)10-18(26)23-20/h7-9,11-12,20-21H,5-6,10H2,1-4H3,(H,22,27)(H,23,26). The minimum absolute atomic E-state index is 0.00154. The van der Waals surface area contributed by atoms with Crippen molar-refractivity contribution in [2.75, 3.05) is 18.5 Å². The van der Waals surface area contributed by atoms with E-state index < -0.39 is 6.29 Å². The molecule has 2 unspecified atom stereocenters. The predicted molar refractivity (Wildman–Crippen MR) is 108 cm³/mol. The molecule has 1 aliphatic rings. The van der Waals surface area contributed by atoms with E-state index in [1.807, 2.05) is 27.7 Å². The number of amides is 2. The highest BCUT2D eigenvalue weighted by molar-refractivity contribution is 6.04. The maximum atomic E-state index is 12.9. The summed E-state index contributed by atoms with van der Waals surface area (Å²) in [5.74, 6) is 1.20. The van der Waals surface area contributed by atoms with Gasteiger partial charge in [-0.05, 0) is 45.9 Å². The highest BCUT2D eigenvalue weighted by Crippen LogP contribution is 2.29. The number of rotatable bonds is 7. The van der Waals surface area contributed by atoms with Gasteiger partial charge in [-0.1, -0.05) is 0 Å². The molecule has 2 heterocycles. The van der Waals surface area contributed by atoms with Crippen LogP contribution >= 0.6 is 0 Å². The predicted octanol–water partition coefficient (Wildman–Crippen LogP) is 2.20. The number of anilines is 1. The van der Waals surface area contributed by atoms with Crippen LogP contribution in [-0.4, -0.2) is 40.9 Å². The molecule has 156 valence electrons. The Hall–Kier alpha value is -3.07. The Morgan fingerprint density at radius 1 is 1.24 bits per heavy atom. The van der Waals surface area contributed by atoms with Crippen LogP contribution in [0.15, 0.2) is 24.3 Å². The second-order valence-electron chi connectivity index (χ2n) is 6.84. The van der Waals surface area contributed by atoms with E-state index in [1.165, 1.54) is 0 Å². The Kier molecular flexibility index (Phi) is 6.38. The van der Waals surface area contributed by atoms with E-state index in [0.717, 1.165) is 5.69 Å². The highest BCUT2D eigenvalue weighted by Gasteiger charge is 2.27. The van der Waals surface area contributed by atoms with Crippen LogP contribution in [0, 0.1) is 6.92 Å². The third kappa shape index (κ3) is 4.86. The first-order valence-electron chi connectivity index (χ1n) is 9.73. The van der Waals surface area contributed by atoms with E-state index in [2.05, 4.69) is 21.0 Å². The van der Waals surface area contributed by atoms with E-state index in [4.69, 9.17) is 9.47 Å². The molecule has 0 spiro atoms. The van der Waals surface area contributed by atoms with Gasteiger partial charge in [-0.25, -0.2) is 4.68 Å². The van der Waals surface area contributed by atoms with Crippen molar-refractivity contribution in [3.8, 4) is 11.5 Å². The molecule has 1 aromatic heterocycles. The van der Waals surface area contributed by atoms with E-state index in [9.17, 15) is 9.59 Å². The number of nitrogens with zero attached hydrogens (tertiary/aromatic N) is 2. The Morgan fingerprint density at radius 3 is 2.66 bits per heavy atom. The van der Waals surface area contributed by atoms with E-state index in [-0.39, 0.29) is 17.9 Å². The van der Waals surface area contributed by atoms with Crippen LogP contribution in [0.4, 0.5) is 5.82 Å². The minimum atomic E-state index is -0.533. The summed E-state index contributed by atoms with van der Waals surface area (Å²) >= 11 is 0. The van der Waals surface area contributed by atoms with E-state index in [1.54, 1.807) is 28.9 Å². The van der Waals surface area contributed by atoms with Gasteiger partial charge >= 0.3 is 0 Å². The molecule has 0 radical (unpaired) electrons. The maximum absolute atomic E-state index is 12.9. The second kappa shape index (κ2) is 8.95. The molecule has 9 heteroatoms. The van der Waals surface area contributed by atoms with E-state index >= 15 is 0 Å². The molecule has 0 bridgehead atoms. The number of ether oxygens (including phenoxy) is 2. The summed E-state index contributed by atoms with van der Waals surface area (Å²) in [4.78, 5) is 24.8. The lowest BCUT2D eigenvalue weighted by molar-refractivity contribution is -0.125. The fourth-order valence-electron chi connectivity index (χ4n) is 3.18. The third-order valence-corrected chi connectivity index (χ3v) is 4.38. The SMILES string of the molecule is CCOc1ccc(C(=O)Nc2cc(C)nn2C2NC(=O)CC(C)N2)cc1OCC. The topological polar surface area (TPSA) is 107 Å². The Balaban J connectivity index is 1.82. The summed E-state index contributed by atoms with van der Waals surface area (Å²) in [6.07, 6.45) is -0.139. The highest BCUT2D eigenvalue weighted by atomic mass is 16.5. The zero-order chi connectivity index (χ0) is 21.0. The second-order valence-corrected chi connectivity index (χ2v) is 6.84. The van der Waals surface area contributed by atoms with Gasteiger partial charge in [-0.3, -0.25) is 14.9 Å². The number of aromatic nitrogens is 2. The van der Waals surface area contributed by atoms with Crippen molar-refractivity contribution in [3.63, 3.8) is 0 Å². The Bertz CT molecular complexity index is 895. The maximum Gasteiger partial charge on any atom is 0.256 e. The van der Waals surface area contributed by atoms with Crippen molar-refractivity contribution in [1.29, 1.82) is 0 Å². The first-order valence-corrected chi connectivity index (χ1v) is 9.73. The number of benzene rings is 1. The molecule has 2 aromatic rings. The summed E-state index contributed by atoms with van der Waals surface area (Å²) in [6.45, 7) is 8.47. The van der Waals surface area contributed by atoms with Crippen molar-refractivity contribution in [2.24, 2.45) is 0 Å². The lowest BCUT2D eigenvalue weighted by Gasteiger charge is -2.30. The first kappa shape index (κ1) is 20.7. The van der Waals surface area contributed by atoms with Crippen molar-refractivity contribution >= 4 is 17.6 Å². The average molecular weight is 401 g/mol. The van der Waals surface area contributed by atoms with Crippen LogP contribution in [0.2, 0.25) is 0 Å². The van der Waals surface area contributed by atoms with Gasteiger partial charge in [-0.2, -0.15) is 5.10 Å². The largest absolute Gasteiger partial charge is 0.490 e. The Labute approximate surface area is 169 Å². The zero-order valence-corrected chi connectivity index (χ0v) is 17.1. The summed E-state index contributed by atoms with van der Waals surface area (Å²) in [7, 11) is 0. The van der Waals surface area contributed by atoms with Crippen molar-refractivity contribution in [2.45, 2.75) is 46.4 Å². The number of hydrogen-bond donors (Lipinski definition) is 3. The Morgan fingerprint density at radius 2 is 1.97 bits per heavy atom. The molecule has 2 amide bonds. The lowest BCUT2D eigenvalue weighted by Crippen LogP contribution is -2.52. The smallest absolute Gasteiger partial charge is 0.256 e. The molecule has 3 rings (SSSR count). The third-order valence-electron chi connectivity index (χ3n) is 4.38. The molecule has 0 saturated carbocycles. The van der Waals surface area contributed by atoms with Crippen molar-refractivity contribution < 1.29 is 19.1 Å². The fourth-order valence-corrected chi connectivity index (χ4v) is 3.18. The zero-order valence-electron chi connectivity index (χ0n) is 17.1. The number of carbonyl (C=O) groups is 2. The average Bonchev–Trinajstić information content (AvgIpc) is 3.03. The van der Waals surface area contributed by atoms with Crippen LogP contribution in [0.5, 0.6) is 11.5 Å². The summed E-state index contributed by atoms with van der Waals surface area (Å²) in [6, 6.07) is 6.81. The van der Waals surface area contributed by atoms with Crippen LogP contribution < -0.4 is 25.4 Å². The van der Waals surface area contributed by atoms with Gasteiger partial charge in [0, 0.05) is 24.1 Å². The quantitative estimate of drug-likeness (QED) is 0.657. The number of aryl methyl sites for hydroxylation is 1. The summed E-state index contributed by atoms with van der Waals surface area (Å²) in [5.41, 5.74) is 1.15. The molecule has 1 saturated heterocycles. The molecule has 29 heavy (non-hydrogen) atoms. The van der Waals surface area contributed by atoms with Gasteiger partial charge in [0.2, 0.25) is 5.91 Å². The molecular weight excluding hydrogens is 374 g/mol. The van der Waals surface area contributed by atoms with Crippen molar-refractivity contribution in [3.05, 3.63) is 35.5 Å². The summed E-state index contributed by atoms with van der Waals surface area (Å²) < 4.78 is 12.7. The lowest BCUT2D eigenvalue weighted by atomic mass is 10.2. The van der Waals surface area contributed by atoms with Crippen LogP contribution in [-0.2, 0) is 4.79 Å². The van der Waals surface area contributed by atoms with Gasteiger partial charge < -0.3 is 20.1 Å². The fraction of sp³-hybridized carbons (Fsp3) is 0.450. The first-order chi connectivity index (χ1) is 13.9. The van der Waals surface area contributed by atoms with E-state index in [0.29, 0.717) is 42.5 Å². The molecule has 3 N–H and O–H groups in total. The van der Waals surface area contributed by atoms with Crippen LogP contribution in [0.3, 0.4) is 0 Å². The van der Waals surface area contributed by atoms with Gasteiger partial charge in [0.25, 0.3) is 5.91 Å². The molecule has 1 aromatic carbocycles. The van der Waals surface area contributed by atoms with Crippen LogP contribution in [0.25, 0.3) is 0 Å². The van der Waals surface area contributed by atoms with Gasteiger partial charge in [-0.15, -0.1) is 0 Å². The van der Waals surface area contributed by atoms with Gasteiger partial charge in [0.1, 0.15) is 5.82 Å². The molecular formula is C20H27N5O4.